The van der Waals surface area contributed by atoms with Gasteiger partial charge in [-0.2, -0.15) is 0 Å². The highest BCUT2D eigenvalue weighted by molar-refractivity contribution is 7.89. The van der Waals surface area contributed by atoms with E-state index < -0.39 is 10.0 Å². The average molecular weight is 354 g/mol. The van der Waals surface area contributed by atoms with E-state index in [0.29, 0.717) is 24.6 Å². The number of hydrogen-bond donors (Lipinski definition) is 1. The summed E-state index contributed by atoms with van der Waals surface area (Å²) in [6, 6.07) is 5.37. The van der Waals surface area contributed by atoms with Crippen LogP contribution in [0.3, 0.4) is 0 Å². The van der Waals surface area contributed by atoms with Crippen molar-refractivity contribution >= 4 is 15.9 Å². The number of hydrogen-bond acceptors (Lipinski definition) is 4. The van der Waals surface area contributed by atoms with Crippen LogP contribution in [-0.4, -0.2) is 52.6 Å². The molecule has 1 amide bonds. The van der Waals surface area contributed by atoms with Crippen LogP contribution in [0, 0.1) is 0 Å². The van der Waals surface area contributed by atoms with E-state index in [4.69, 9.17) is 4.74 Å². The highest BCUT2D eigenvalue weighted by atomic mass is 32.2. The minimum absolute atomic E-state index is 0.0972. The van der Waals surface area contributed by atoms with Crippen molar-refractivity contribution in [3.63, 3.8) is 0 Å². The Labute approximate surface area is 144 Å². The number of ether oxygens (including phenoxy) is 1. The second kappa shape index (κ2) is 8.60. The molecule has 0 atom stereocenters. The summed E-state index contributed by atoms with van der Waals surface area (Å²) in [5.41, 5.74) is 2.39. The third-order valence-electron chi connectivity index (χ3n) is 4.31. The fourth-order valence-electron chi connectivity index (χ4n) is 2.90. The molecule has 0 spiro atoms. The normalized spacial score (nSPS) is 14.2. The predicted octanol–water partition coefficient (Wildman–Crippen LogP) is 1.34. The van der Waals surface area contributed by atoms with Gasteiger partial charge in [-0.25, -0.2) is 13.1 Å². The van der Waals surface area contributed by atoms with Crippen molar-refractivity contribution in [3.8, 4) is 0 Å². The molecule has 6 nitrogen and oxygen atoms in total. The lowest BCUT2D eigenvalue weighted by Crippen LogP contribution is -2.39. The molecule has 0 radical (unpaired) electrons. The van der Waals surface area contributed by atoms with Gasteiger partial charge in [-0.05, 0) is 48.9 Å². The number of fused-ring (bicyclic) bond motifs is 1. The summed E-state index contributed by atoms with van der Waals surface area (Å²) in [6.07, 6.45) is 4.24. The molecule has 0 fully saturated rings. The molecule has 0 saturated heterocycles. The number of sulfonamides is 1. The SMILES string of the molecule is COCCN(CCNS(=O)(=O)c1ccc2c(c1)CCCC2)C(C)=O. The van der Waals surface area contributed by atoms with Gasteiger partial charge in [-0.1, -0.05) is 6.07 Å². The van der Waals surface area contributed by atoms with E-state index in [-0.39, 0.29) is 12.5 Å². The molecule has 0 aliphatic heterocycles. The summed E-state index contributed by atoms with van der Waals surface area (Å²) in [5.74, 6) is -0.0972. The lowest BCUT2D eigenvalue weighted by molar-refractivity contribution is -0.129. The summed E-state index contributed by atoms with van der Waals surface area (Å²) < 4.78 is 32.4. The first-order valence-corrected chi connectivity index (χ1v) is 9.78. The van der Waals surface area contributed by atoms with Crippen LogP contribution in [0.4, 0.5) is 0 Å². The number of aryl methyl sites for hydroxylation is 2. The van der Waals surface area contributed by atoms with Crippen molar-refractivity contribution < 1.29 is 17.9 Å². The standard InChI is InChI=1S/C17H26N2O4S/c1-14(20)19(11-12-23-2)10-9-18-24(21,22)17-8-7-15-5-3-4-6-16(15)13-17/h7-8,13,18H,3-6,9-12H2,1-2H3. The maximum atomic E-state index is 12.4. The van der Waals surface area contributed by atoms with E-state index in [0.717, 1.165) is 24.8 Å². The molecule has 0 saturated carbocycles. The van der Waals surface area contributed by atoms with E-state index in [1.54, 1.807) is 24.1 Å². The number of nitrogens with zero attached hydrogens (tertiary/aromatic N) is 1. The van der Waals surface area contributed by atoms with Crippen LogP contribution in [0.2, 0.25) is 0 Å². The zero-order valence-electron chi connectivity index (χ0n) is 14.4. The van der Waals surface area contributed by atoms with Crippen LogP contribution < -0.4 is 4.72 Å². The first kappa shape index (κ1) is 18.9. The molecule has 1 aromatic rings. The molecule has 1 aliphatic carbocycles. The van der Waals surface area contributed by atoms with Gasteiger partial charge in [0.15, 0.2) is 0 Å². The molecule has 1 N–H and O–H groups in total. The molecule has 0 aromatic heterocycles. The van der Waals surface area contributed by atoms with Crippen LogP contribution in [0.15, 0.2) is 23.1 Å². The van der Waals surface area contributed by atoms with Gasteiger partial charge in [-0.15, -0.1) is 0 Å². The van der Waals surface area contributed by atoms with Crippen LogP contribution in [0.5, 0.6) is 0 Å². The first-order chi connectivity index (χ1) is 11.4. The topological polar surface area (TPSA) is 75.7 Å². The molecule has 0 heterocycles. The molecule has 0 bridgehead atoms. The van der Waals surface area contributed by atoms with Crippen LogP contribution >= 0.6 is 0 Å². The quantitative estimate of drug-likeness (QED) is 0.764. The molecule has 2 rings (SSSR count). The second-order valence-corrected chi connectivity index (χ2v) is 7.80. The Bertz CT molecular complexity index is 673. The highest BCUT2D eigenvalue weighted by Gasteiger charge is 2.18. The van der Waals surface area contributed by atoms with Crippen LogP contribution in [0.1, 0.15) is 30.9 Å². The van der Waals surface area contributed by atoms with Gasteiger partial charge in [-0.3, -0.25) is 4.79 Å². The van der Waals surface area contributed by atoms with Gasteiger partial charge in [0.2, 0.25) is 15.9 Å². The van der Waals surface area contributed by atoms with Gasteiger partial charge < -0.3 is 9.64 Å². The lowest BCUT2D eigenvalue weighted by atomic mass is 9.92. The van der Waals surface area contributed by atoms with Crippen molar-refractivity contribution in [2.75, 3.05) is 33.4 Å². The Morgan fingerprint density at radius 1 is 1.21 bits per heavy atom. The van der Waals surface area contributed by atoms with Crippen molar-refractivity contribution in [1.29, 1.82) is 0 Å². The Kier molecular flexibility index (Phi) is 6.77. The summed E-state index contributed by atoms with van der Waals surface area (Å²) in [6.45, 7) is 2.85. The average Bonchev–Trinajstić information content (AvgIpc) is 2.57. The number of nitrogens with one attached hydrogen (secondary N) is 1. The van der Waals surface area contributed by atoms with E-state index in [2.05, 4.69) is 4.72 Å². The summed E-state index contributed by atoms with van der Waals surface area (Å²) in [7, 11) is -1.99. The zero-order valence-corrected chi connectivity index (χ0v) is 15.2. The summed E-state index contributed by atoms with van der Waals surface area (Å²) >= 11 is 0. The van der Waals surface area contributed by atoms with E-state index >= 15 is 0 Å². The number of rotatable bonds is 8. The van der Waals surface area contributed by atoms with Gasteiger partial charge in [0.1, 0.15) is 0 Å². The van der Waals surface area contributed by atoms with Gasteiger partial charge in [0.25, 0.3) is 0 Å². The number of carbonyl (C=O) groups excluding carboxylic acids is 1. The summed E-state index contributed by atoms with van der Waals surface area (Å²) in [4.78, 5) is 13.4. The highest BCUT2D eigenvalue weighted by Crippen LogP contribution is 2.23. The minimum Gasteiger partial charge on any atom is -0.383 e. The maximum absolute atomic E-state index is 12.4. The van der Waals surface area contributed by atoms with Crippen molar-refractivity contribution in [3.05, 3.63) is 29.3 Å². The van der Waals surface area contributed by atoms with Crippen LogP contribution in [-0.2, 0) is 32.4 Å². The second-order valence-electron chi connectivity index (χ2n) is 6.03. The van der Waals surface area contributed by atoms with Gasteiger partial charge in [0, 0.05) is 33.7 Å². The third kappa shape index (κ3) is 5.03. The number of methoxy groups -OCH3 is 1. The Hall–Kier alpha value is -1.44. The molecular weight excluding hydrogens is 328 g/mol. The van der Waals surface area contributed by atoms with E-state index in [9.17, 15) is 13.2 Å². The maximum Gasteiger partial charge on any atom is 0.240 e. The molecular formula is C17H26N2O4S. The van der Waals surface area contributed by atoms with Crippen molar-refractivity contribution in [2.24, 2.45) is 0 Å². The first-order valence-electron chi connectivity index (χ1n) is 8.30. The third-order valence-corrected chi connectivity index (χ3v) is 5.77. The van der Waals surface area contributed by atoms with Gasteiger partial charge in [0.05, 0.1) is 11.5 Å². The van der Waals surface area contributed by atoms with E-state index in [1.807, 2.05) is 6.07 Å². The number of benzene rings is 1. The van der Waals surface area contributed by atoms with Crippen molar-refractivity contribution in [2.45, 2.75) is 37.5 Å². The molecule has 0 unspecified atom stereocenters. The molecule has 24 heavy (non-hydrogen) atoms. The monoisotopic (exact) mass is 354 g/mol. The molecule has 1 aromatic carbocycles. The number of amides is 1. The predicted molar refractivity (Wildman–Crippen MR) is 92.4 cm³/mol. The lowest BCUT2D eigenvalue weighted by Gasteiger charge is -2.21. The fraction of sp³-hybridized carbons (Fsp3) is 0.588. The Balaban J connectivity index is 1.97. The number of carbonyl (C=O) groups is 1. The minimum atomic E-state index is -3.55. The fourth-order valence-corrected chi connectivity index (χ4v) is 3.97. The smallest absolute Gasteiger partial charge is 0.240 e. The van der Waals surface area contributed by atoms with Gasteiger partial charge >= 0.3 is 0 Å². The molecule has 134 valence electrons. The molecule has 1 aliphatic rings. The largest absolute Gasteiger partial charge is 0.383 e. The summed E-state index contributed by atoms with van der Waals surface area (Å²) in [5, 5.41) is 0. The zero-order chi connectivity index (χ0) is 17.6. The van der Waals surface area contributed by atoms with Crippen LogP contribution in [0.25, 0.3) is 0 Å². The Morgan fingerprint density at radius 2 is 1.92 bits per heavy atom. The van der Waals surface area contributed by atoms with E-state index in [1.165, 1.54) is 18.9 Å². The Morgan fingerprint density at radius 3 is 2.58 bits per heavy atom. The van der Waals surface area contributed by atoms with Crippen molar-refractivity contribution in [1.82, 2.24) is 9.62 Å². The molecule has 7 heteroatoms.